The fourth-order valence-corrected chi connectivity index (χ4v) is 4.07. The predicted octanol–water partition coefficient (Wildman–Crippen LogP) is 4.04. The van der Waals surface area contributed by atoms with Crippen LogP contribution >= 0.6 is 0 Å². The standard InChI is InChI=1S/C25H27N5/c1-18-20(16-19-10-5-4-6-11-19)24(27-14-9-15-29(2)3)30-23-13-8-7-12-22(23)28-25(30)21(18)17-26/h4-8,10-13H,9,14-16H2,1-3H3,(H,27,28)/p+1. The molecule has 0 aliphatic rings. The van der Waals surface area contributed by atoms with Gasteiger partial charge in [-0.05, 0) is 50.7 Å². The number of rotatable bonds is 7. The van der Waals surface area contributed by atoms with Crippen molar-refractivity contribution in [2.45, 2.75) is 19.8 Å². The van der Waals surface area contributed by atoms with Crippen LogP contribution in [0.2, 0.25) is 0 Å². The van der Waals surface area contributed by atoms with E-state index in [2.05, 4.69) is 83.1 Å². The van der Waals surface area contributed by atoms with Crippen LogP contribution < -0.4 is 9.72 Å². The molecule has 0 saturated heterocycles. The van der Waals surface area contributed by atoms with Crippen molar-refractivity contribution in [3.8, 4) is 6.07 Å². The van der Waals surface area contributed by atoms with Crippen molar-refractivity contribution < 1.29 is 4.40 Å². The lowest BCUT2D eigenvalue weighted by atomic mass is 9.97. The highest BCUT2D eigenvalue weighted by molar-refractivity contribution is 5.78. The van der Waals surface area contributed by atoms with Crippen LogP contribution in [0.5, 0.6) is 0 Å². The molecule has 0 aliphatic carbocycles. The number of aromatic amines is 1. The van der Waals surface area contributed by atoms with Crippen molar-refractivity contribution >= 4 is 22.5 Å². The van der Waals surface area contributed by atoms with Crippen molar-refractivity contribution in [1.82, 2.24) is 9.88 Å². The Morgan fingerprint density at radius 3 is 2.53 bits per heavy atom. The van der Waals surface area contributed by atoms with E-state index in [0.29, 0.717) is 5.56 Å². The van der Waals surface area contributed by atoms with Crippen LogP contribution in [0.4, 0.5) is 5.82 Å². The summed E-state index contributed by atoms with van der Waals surface area (Å²) in [5.41, 5.74) is 7.10. The summed E-state index contributed by atoms with van der Waals surface area (Å²) in [6.07, 6.45) is 1.82. The van der Waals surface area contributed by atoms with E-state index in [1.165, 1.54) is 11.1 Å². The largest absolute Gasteiger partial charge is 0.309 e. The van der Waals surface area contributed by atoms with E-state index in [0.717, 1.165) is 54.0 Å². The number of aromatic nitrogens is 2. The number of fused-ring (bicyclic) bond motifs is 3. The molecular weight excluding hydrogens is 370 g/mol. The number of benzene rings is 2. The number of nitrogens with one attached hydrogen (secondary N) is 2. The van der Waals surface area contributed by atoms with Crippen LogP contribution in [0.15, 0.2) is 54.6 Å². The minimum atomic E-state index is 0.705. The Morgan fingerprint density at radius 1 is 1.07 bits per heavy atom. The Bertz CT molecular complexity index is 1220. The van der Waals surface area contributed by atoms with Gasteiger partial charge in [0.15, 0.2) is 0 Å². The Kier molecular flexibility index (Phi) is 5.69. The molecule has 4 rings (SSSR count). The lowest BCUT2D eigenvalue weighted by Crippen LogP contribution is -2.31. The molecule has 0 aliphatic heterocycles. The van der Waals surface area contributed by atoms with Gasteiger partial charge in [-0.15, -0.1) is 0 Å². The number of nitriles is 1. The molecule has 0 atom stereocenters. The molecule has 0 unspecified atom stereocenters. The van der Waals surface area contributed by atoms with Crippen LogP contribution in [-0.4, -0.2) is 37.1 Å². The number of hydrogen-bond acceptors (Lipinski definition) is 3. The van der Waals surface area contributed by atoms with Crippen molar-refractivity contribution in [3.63, 3.8) is 0 Å². The second-order valence-corrected chi connectivity index (χ2v) is 8.01. The molecule has 5 heteroatoms. The Morgan fingerprint density at radius 2 is 1.80 bits per heavy atom. The summed E-state index contributed by atoms with van der Waals surface area (Å²) in [6, 6.07) is 21.1. The van der Waals surface area contributed by atoms with Crippen molar-refractivity contribution in [3.05, 3.63) is 76.9 Å². The van der Waals surface area contributed by atoms with Gasteiger partial charge in [-0.25, -0.2) is 0 Å². The van der Waals surface area contributed by atoms with Crippen molar-refractivity contribution in [1.29, 1.82) is 5.26 Å². The maximum absolute atomic E-state index is 9.99. The fraction of sp³-hybridized carbons (Fsp3) is 0.280. The number of H-pyrrole nitrogens is 1. The molecule has 2 heterocycles. The van der Waals surface area contributed by atoms with Gasteiger partial charge >= 0.3 is 0 Å². The SMILES string of the molecule is Cc1c(Cc2ccccc2)c(NCCCN(C)C)[n+]2c([nH]c3ccccc32)c1C#N. The average Bonchev–Trinajstić information content (AvgIpc) is 3.13. The zero-order chi connectivity index (χ0) is 21.1. The molecule has 0 amide bonds. The molecule has 2 aromatic carbocycles. The highest BCUT2D eigenvalue weighted by atomic mass is 15.1. The third kappa shape index (κ3) is 3.74. The Hall–Kier alpha value is -3.36. The first-order valence-corrected chi connectivity index (χ1v) is 10.4. The van der Waals surface area contributed by atoms with E-state index in [4.69, 9.17) is 0 Å². The highest BCUT2D eigenvalue weighted by Gasteiger charge is 2.25. The molecule has 5 nitrogen and oxygen atoms in total. The van der Waals surface area contributed by atoms with Gasteiger partial charge in [-0.3, -0.25) is 4.98 Å². The first kappa shape index (κ1) is 19.9. The van der Waals surface area contributed by atoms with Crippen LogP contribution in [0.1, 0.15) is 28.7 Å². The minimum Gasteiger partial charge on any atom is -0.309 e. The summed E-state index contributed by atoms with van der Waals surface area (Å²) in [5.74, 6) is 1.07. The smallest absolute Gasteiger partial charge is 0.250 e. The Labute approximate surface area is 177 Å². The summed E-state index contributed by atoms with van der Waals surface area (Å²) < 4.78 is 2.19. The third-order valence-electron chi connectivity index (χ3n) is 5.61. The topological polar surface area (TPSA) is 58.9 Å². The second kappa shape index (κ2) is 8.56. The average molecular weight is 399 g/mol. The summed E-state index contributed by atoms with van der Waals surface area (Å²) in [4.78, 5) is 5.67. The highest BCUT2D eigenvalue weighted by Crippen LogP contribution is 2.27. The molecule has 0 saturated carbocycles. The molecule has 30 heavy (non-hydrogen) atoms. The van der Waals surface area contributed by atoms with Crippen LogP contribution in [-0.2, 0) is 6.42 Å². The van der Waals surface area contributed by atoms with Gasteiger partial charge in [0.1, 0.15) is 22.7 Å². The first-order chi connectivity index (χ1) is 14.6. The molecule has 0 bridgehead atoms. The van der Waals surface area contributed by atoms with Crippen molar-refractivity contribution in [2.24, 2.45) is 0 Å². The van der Waals surface area contributed by atoms with E-state index < -0.39 is 0 Å². The Balaban J connectivity index is 1.92. The van der Waals surface area contributed by atoms with Gasteiger partial charge < -0.3 is 10.2 Å². The lowest BCUT2D eigenvalue weighted by molar-refractivity contribution is -0.465. The van der Waals surface area contributed by atoms with Crippen molar-refractivity contribution in [2.75, 3.05) is 32.5 Å². The zero-order valence-corrected chi connectivity index (χ0v) is 17.9. The maximum atomic E-state index is 9.99. The molecule has 0 spiro atoms. The van der Waals surface area contributed by atoms with Gasteiger partial charge in [-0.1, -0.05) is 42.5 Å². The number of nitrogens with zero attached hydrogens (tertiary/aromatic N) is 3. The molecule has 4 aromatic rings. The summed E-state index contributed by atoms with van der Waals surface area (Å²) in [6.45, 7) is 3.96. The van der Waals surface area contributed by atoms with Gasteiger partial charge in [0.2, 0.25) is 11.5 Å². The number of imidazole rings is 1. The van der Waals surface area contributed by atoms with Gasteiger partial charge in [-0.2, -0.15) is 9.66 Å². The van der Waals surface area contributed by atoms with E-state index in [9.17, 15) is 5.26 Å². The number of hydrogen-bond donors (Lipinski definition) is 2. The normalized spacial score (nSPS) is 11.3. The quantitative estimate of drug-likeness (QED) is 0.365. The molecule has 0 radical (unpaired) electrons. The predicted molar refractivity (Wildman–Crippen MR) is 122 cm³/mol. The minimum absolute atomic E-state index is 0.705. The molecule has 2 aromatic heterocycles. The van der Waals surface area contributed by atoms with E-state index in [-0.39, 0.29) is 0 Å². The number of pyridine rings is 1. The molecule has 0 fully saturated rings. The third-order valence-corrected chi connectivity index (χ3v) is 5.61. The zero-order valence-electron chi connectivity index (χ0n) is 17.9. The molecule has 2 N–H and O–H groups in total. The molecular formula is C25H28N5+. The van der Waals surface area contributed by atoms with Crippen LogP contribution in [0.3, 0.4) is 0 Å². The molecule has 152 valence electrons. The van der Waals surface area contributed by atoms with E-state index in [1.807, 2.05) is 18.2 Å². The second-order valence-electron chi connectivity index (χ2n) is 8.01. The summed E-state index contributed by atoms with van der Waals surface area (Å²) in [5, 5.41) is 13.7. The summed E-state index contributed by atoms with van der Waals surface area (Å²) >= 11 is 0. The fourth-order valence-electron chi connectivity index (χ4n) is 4.07. The summed E-state index contributed by atoms with van der Waals surface area (Å²) in [7, 11) is 4.19. The van der Waals surface area contributed by atoms with Gasteiger partial charge in [0.25, 0.3) is 0 Å². The van der Waals surface area contributed by atoms with Gasteiger partial charge in [0.05, 0.1) is 6.54 Å². The van der Waals surface area contributed by atoms with E-state index in [1.54, 1.807) is 0 Å². The first-order valence-electron chi connectivity index (χ1n) is 10.4. The number of para-hydroxylation sites is 2. The van der Waals surface area contributed by atoms with E-state index >= 15 is 0 Å². The monoisotopic (exact) mass is 398 g/mol. The maximum Gasteiger partial charge on any atom is 0.250 e. The van der Waals surface area contributed by atoms with Crippen LogP contribution in [0.25, 0.3) is 16.7 Å². The lowest BCUT2D eigenvalue weighted by Gasteiger charge is -2.15. The van der Waals surface area contributed by atoms with Crippen LogP contribution in [0, 0.1) is 18.3 Å². The number of anilines is 1. The van der Waals surface area contributed by atoms with Gasteiger partial charge in [0, 0.05) is 18.5 Å².